The minimum Gasteiger partial charge on any atom is -0.340 e. The maximum absolute atomic E-state index is 13.1. The molecule has 1 aromatic carbocycles. The maximum Gasteiger partial charge on any atom is 0.253 e. The van der Waals surface area contributed by atoms with E-state index in [1.54, 1.807) is 11.2 Å². The van der Waals surface area contributed by atoms with E-state index in [0.717, 1.165) is 48.1 Å². The van der Waals surface area contributed by atoms with Crippen molar-refractivity contribution in [3.8, 4) is 0 Å². The van der Waals surface area contributed by atoms with Crippen molar-refractivity contribution >= 4 is 26.8 Å². The lowest BCUT2D eigenvalue weighted by Crippen LogP contribution is -2.38. The molecule has 3 heterocycles. The van der Waals surface area contributed by atoms with Gasteiger partial charge in [0.1, 0.15) is 0 Å². The molecule has 7 heteroatoms. The van der Waals surface area contributed by atoms with E-state index in [9.17, 15) is 13.2 Å². The van der Waals surface area contributed by atoms with Crippen LogP contribution in [0.3, 0.4) is 0 Å². The molecule has 4 rings (SSSR count). The summed E-state index contributed by atoms with van der Waals surface area (Å²) in [6, 6.07) is 5.89. The molecule has 0 saturated carbocycles. The highest BCUT2D eigenvalue weighted by molar-refractivity contribution is 7.89. The molecule has 2 aromatic rings. The number of sulfonamides is 1. The predicted molar refractivity (Wildman–Crippen MR) is 120 cm³/mol. The number of rotatable bonds is 5. The fourth-order valence-corrected chi connectivity index (χ4v) is 5.77. The summed E-state index contributed by atoms with van der Waals surface area (Å²) in [5, 5.41) is 0.985. The van der Waals surface area contributed by atoms with Gasteiger partial charge in [-0.3, -0.25) is 4.79 Å². The summed E-state index contributed by atoms with van der Waals surface area (Å²) in [7, 11) is -3.26. The van der Waals surface area contributed by atoms with Crippen molar-refractivity contribution in [2.24, 2.45) is 5.92 Å². The van der Waals surface area contributed by atoms with Gasteiger partial charge in [0.2, 0.25) is 10.0 Å². The Bertz CT molecular complexity index is 1080. The first kappa shape index (κ1) is 21.1. The molecule has 1 amide bonds. The smallest absolute Gasteiger partial charge is 0.253 e. The van der Waals surface area contributed by atoms with Crippen LogP contribution in [0.4, 0.5) is 0 Å². The number of piperidine rings is 1. The highest BCUT2D eigenvalue weighted by Gasteiger charge is 2.30. The Morgan fingerprint density at radius 1 is 1.23 bits per heavy atom. The van der Waals surface area contributed by atoms with Crippen LogP contribution in [-0.2, 0) is 29.5 Å². The zero-order chi connectivity index (χ0) is 21.5. The van der Waals surface area contributed by atoms with Crippen molar-refractivity contribution in [2.75, 3.05) is 25.4 Å². The summed E-state index contributed by atoms with van der Waals surface area (Å²) in [6.45, 7) is 10.9. The van der Waals surface area contributed by atoms with Gasteiger partial charge in [-0.25, -0.2) is 8.42 Å². The minimum absolute atomic E-state index is 0.0721. The molecule has 0 unspecified atom stereocenters. The molecule has 1 saturated heterocycles. The van der Waals surface area contributed by atoms with Gasteiger partial charge in [0.05, 0.1) is 5.75 Å². The van der Waals surface area contributed by atoms with E-state index in [0.29, 0.717) is 37.5 Å². The second-order valence-corrected chi connectivity index (χ2v) is 10.8. The van der Waals surface area contributed by atoms with E-state index in [4.69, 9.17) is 0 Å². The third kappa shape index (κ3) is 3.69. The van der Waals surface area contributed by atoms with E-state index in [2.05, 4.69) is 18.1 Å². The molecule has 0 bridgehead atoms. The molecule has 6 nitrogen and oxygen atoms in total. The quantitative estimate of drug-likeness (QED) is 0.685. The van der Waals surface area contributed by atoms with Crippen LogP contribution in [0, 0.1) is 5.92 Å². The van der Waals surface area contributed by atoms with Crippen LogP contribution in [0.15, 0.2) is 30.9 Å². The monoisotopic (exact) mass is 429 g/mol. The van der Waals surface area contributed by atoms with Crippen molar-refractivity contribution < 1.29 is 13.2 Å². The third-order valence-electron chi connectivity index (χ3n) is 6.61. The van der Waals surface area contributed by atoms with Gasteiger partial charge in [-0.2, -0.15) is 4.31 Å². The Labute approximate surface area is 179 Å². The van der Waals surface area contributed by atoms with Gasteiger partial charge in [-0.15, -0.1) is 6.58 Å². The van der Waals surface area contributed by atoms with Gasteiger partial charge < -0.3 is 9.47 Å². The summed E-state index contributed by atoms with van der Waals surface area (Å²) >= 11 is 0. The molecule has 0 spiro atoms. The fraction of sp³-hybridized carbons (Fsp3) is 0.522. The van der Waals surface area contributed by atoms with Crippen LogP contribution >= 0.6 is 0 Å². The first-order valence-corrected chi connectivity index (χ1v) is 12.5. The van der Waals surface area contributed by atoms with Gasteiger partial charge >= 0.3 is 0 Å². The van der Waals surface area contributed by atoms with Crippen LogP contribution in [-0.4, -0.2) is 53.5 Å². The lowest BCUT2D eigenvalue weighted by Gasteiger charge is -2.30. The van der Waals surface area contributed by atoms with Gasteiger partial charge in [0.25, 0.3) is 5.91 Å². The highest BCUT2D eigenvalue weighted by Crippen LogP contribution is 2.33. The second kappa shape index (κ2) is 8.19. The van der Waals surface area contributed by atoms with E-state index in [1.807, 2.05) is 29.2 Å². The number of fused-ring (bicyclic) bond motifs is 3. The largest absolute Gasteiger partial charge is 0.340 e. The van der Waals surface area contributed by atoms with Crippen molar-refractivity contribution in [1.82, 2.24) is 13.8 Å². The molecule has 0 N–H and O–H groups in total. The van der Waals surface area contributed by atoms with Crippen molar-refractivity contribution in [3.63, 3.8) is 0 Å². The lowest BCUT2D eigenvalue weighted by molar-refractivity contribution is 0.0697. The van der Waals surface area contributed by atoms with Crippen LogP contribution < -0.4 is 0 Å². The summed E-state index contributed by atoms with van der Waals surface area (Å²) in [5.41, 5.74) is 3.91. The number of hydrogen-bond acceptors (Lipinski definition) is 3. The SMILES string of the molecule is C=CCn1c2c(c3cc(C(=O)N4CCC(C)CC4)ccc31)CN(S(=O)(=O)CC)CC2. The molecule has 30 heavy (non-hydrogen) atoms. The number of hydrogen-bond donors (Lipinski definition) is 0. The number of benzene rings is 1. The Balaban J connectivity index is 1.75. The molecular weight excluding hydrogens is 398 g/mol. The number of amides is 1. The number of carbonyl (C=O) groups is 1. The first-order valence-electron chi connectivity index (χ1n) is 10.9. The number of allylic oxidation sites excluding steroid dienone is 1. The van der Waals surface area contributed by atoms with Crippen LogP contribution in [0.25, 0.3) is 10.9 Å². The molecule has 2 aliphatic rings. The zero-order valence-electron chi connectivity index (χ0n) is 17.9. The molecule has 0 atom stereocenters. The Morgan fingerprint density at radius 2 is 1.97 bits per heavy atom. The lowest BCUT2D eigenvalue weighted by atomic mass is 9.98. The molecule has 162 valence electrons. The molecule has 1 aromatic heterocycles. The number of likely N-dealkylation sites (tertiary alicyclic amines) is 1. The second-order valence-electron chi connectivity index (χ2n) is 8.52. The number of aromatic nitrogens is 1. The molecule has 1 fully saturated rings. The van der Waals surface area contributed by atoms with Crippen molar-refractivity contribution in [1.29, 1.82) is 0 Å². The van der Waals surface area contributed by atoms with Gasteiger partial charge in [-0.05, 0) is 49.4 Å². The topological polar surface area (TPSA) is 62.6 Å². The summed E-state index contributed by atoms with van der Waals surface area (Å²) < 4.78 is 28.8. The zero-order valence-corrected chi connectivity index (χ0v) is 18.7. The van der Waals surface area contributed by atoms with Gasteiger partial charge in [0.15, 0.2) is 0 Å². The standard InChI is InChI=1S/C23H31N3O3S/c1-4-11-26-21-7-6-18(23(27)24-12-8-17(3)9-13-24)15-19(21)20-16-25(14-10-22(20)26)30(28,29)5-2/h4,6-7,15,17H,1,5,8-14,16H2,2-3H3. The molecule has 0 aliphatic carbocycles. The van der Waals surface area contributed by atoms with Crippen molar-refractivity contribution in [3.05, 3.63) is 47.7 Å². The van der Waals surface area contributed by atoms with E-state index in [1.165, 1.54) is 0 Å². The van der Waals surface area contributed by atoms with Crippen LogP contribution in [0.2, 0.25) is 0 Å². The summed E-state index contributed by atoms with van der Waals surface area (Å²) in [6.07, 6.45) is 4.62. The summed E-state index contributed by atoms with van der Waals surface area (Å²) in [4.78, 5) is 15.1. The highest BCUT2D eigenvalue weighted by atomic mass is 32.2. The van der Waals surface area contributed by atoms with Crippen LogP contribution in [0.1, 0.15) is 48.3 Å². The van der Waals surface area contributed by atoms with Crippen molar-refractivity contribution in [2.45, 2.75) is 46.2 Å². The average molecular weight is 430 g/mol. The third-order valence-corrected chi connectivity index (χ3v) is 8.43. The van der Waals surface area contributed by atoms with Gasteiger partial charge in [-0.1, -0.05) is 13.0 Å². The normalized spacial score (nSPS) is 18.5. The first-order chi connectivity index (χ1) is 14.4. The Kier molecular flexibility index (Phi) is 5.77. The average Bonchev–Trinajstić information content (AvgIpc) is 3.06. The predicted octanol–water partition coefficient (Wildman–Crippen LogP) is 3.41. The number of carbonyl (C=O) groups excluding carboxylic acids is 1. The molecule has 2 aliphatic heterocycles. The fourth-order valence-electron chi connectivity index (χ4n) is 4.71. The van der Waals surface area contributed by atoms with E-state index < -0.39 is 10.0 Å². The molecular formula is C23H31N3O3S. The Morgan fingerprint density at radius 3 is 2.63 bits per heavy atom. The molecule has 0 radical (unpaired) electrons. The van der Waals surface area contributed by atoms with Crippen LogP contribution in [0.5, 0.6) is 0 Å². The minimum atomic E-state index is -3.26. The van der Waals surface area contributed by atoms with E-state index in [-0.39, 0.29) is 11.7 Å². The maximum atomic E-state index is 13.1. The Hall–Kier alpha value is -2.12. The van der Waals surface area contributed by atoms with E-state index >= 15 is 0 Å². The number of nitrogens with zero attached hydrogens (tertiary/aromatic N) is 3. The summed E-state index contributed by atoms with van der Waals surface area (Å²) in [5.74, 6) is 0.843. The van der Waals surface area contributed by atoms with Gasteiger partial charge in [0, 0.05) is 61.3 Å².